The molecule has 1 aromatic carbocycles. The number of nitrogens with one attached hydrogen (secondary N) is 1. The number of carbonyl (C=O) groups is 1. The highest BCUT2D eigenvalue weighted by molar-refractivity contribution is 7.21. The van der Waals surface area contributed by atoms with E-state index >= 15 is 0 Å². The predicted molar refractivity (Wildman–Crippen MR) is 123 cm³/mol. The summed E-state index contributed by atoms with van der Waals surface area (Å²) in [6.45, 7) is 0. The van der Waals surface area contributed by atoms with E-state index in [0.717, 1.165) is 15.8 Å². The van der Waals surface area contributed by atoms with E-state index in [1.165, 1.54) is 35.6 Å². The maximum atomic E-state index is 13.2. The van der Waals surface area contributed by atoms with Crippen molar-refractivity contribution in [2.24, 2.45) is 0 Å². The van der Waals surface area contributed by atoms with Crippen LogP contribution in [0.4, 0.5) is 15.8 Å². The van der Waals surface area contributed by atoms with Crippen LogP contribution in [0.1, 0.15) is 9.67 Å². The van der Waals surface area contributed by atoms with Crippen LogP contribution in [0.15, 0.2) is 66.4 Å². The van der Waals surface area contributed by atoms with Crippen molar-refractivity contribution < 1.29 is 9.18 Å². The fourth-order valence-corrected chi connectivity index (χ4v) is 4.96. The van der Waals surface area contributed by atoms with E-state index < -0.39 is 0 Å². The molecule has 1 amide bonds. The number of rotatable bonds is 4. The highest BCUT2D eigenvalue weighted by atomic mass is 32.1. The summed E-state index contributed by atoms with van der Waals surface area (Å²) in [5.41, 5.74) is 9.45. The van der Waals surface area contributed by atoms with E-state index in [4.69, 9.17) is 10.7 Å². The summed E-state index contributed by atoms with van der Waals surface area (Å²) in [7, 11) is 0. The molecule has 0 saturated heterocycles. The SMILES string of the molecule is Nc1c(C(=O)Nc2ccc(F)cc2)sc2nc(-c3cnccn3)cc(-c3cccs3)c12. The summed E-state index contributed by atoms with van der Waals surface area (Å²) in [6, 6.07) is 11.4. The number of nitrogens with two attached hydrogens (primary N) is 1. The van der Waals surface area contributed by atoms with Crippen LogP contribution in [0.5, 0.6) is 0 Å². The molecule has 0 atom stereocenters. The molecule has 0 aliphatic rings. The van der Waals surface area contributed by atoms with Crippen molar-refractivity contribution in [3.8, 4) is 21.8 Å². The molecule has 0 aliphatic heterocycles. The Hall–Kier alpha value is -3.69. The number of nitrogens with zero attached hydrogens (tertiary/aromatic N) is 3. The van der Waals surface area contributed by atoms with Crippen molar-refractivity contribution in [3.05, 3.63) is 77.1 Å². The number of halogens is 1. The third-order valence-electron chi connectivity index (χ3n) is 4.62. The Balaban J connectivity index is 1.64. The van der Waals surface area contributed by atoms with Crippen LogP contribution in [0, 0.1) is 5.82 Å². The van der Waals surface area contributed by atoms with E-state index in [1.54, 1.807) is 29.9 Å². The van der Waals surface area contributed by atoms with Gasteiger partial charge < -0.3 is 11.1 Å². The second kappa shape index (κ2) is 7.86. The lowest BCUT2D eigenvalue weighted by Crippen LogP contribution is -2.11. The number of nitrogen functional groups attached to an aromatic ring is 1. The Morgan fingerprint density at radius 2 is 1.94 bits per heavy atom. The Labute approximate surface area is 184 Å². The number of amides is 1. The number of pyridine rings is 1. The van der Waals surface area contributed by atoms with Gasteiger partial charge in [0.1, 0.15) is 21.2 Å². The summed E-state index contributed by atoms with van der Waals surface area (Å²) in [6.07, 6.45) is 4.85. The van der Waals surface area contributed by atoms with E-state index in [9.17, 15) is 9.18 Å². The quantitative estimate of drug-likeness (QED) is 0.382. The number of thiophene rings is 2. The van der Waals surface area contributed by atoms with Crippen LogP contribution in [-0.4, -0.2) is 20.9 Å². The molecular weight excluding hydrogens is 433 g/mol. The summed E-state index contributed by atoms with van der Waals surface area (Å²) >= 11 is 2.78. The molecule has 152 valence electrons. The van der Waals surface area contributed by atoms with Crippen LogP contribution in [0.25, 0.3) is 32.0 Å². The van der Waals surface area contributed by atoms with Crippen molar-refractivity contribution >= 4 is 50.2 Å². The van der Waals surface area contributed by atoms with Crippen molar-refractivity contribution in [1.82, 2.24) is 15.0 Å². The summed E-state index contributed by atoms with van der Waals surface area (Å²) in [4.78, 5) is 28.1. The Morgan fingerprint density at radius 3 is 2.65 bits per heavy atom. The van der Waals surface area contributed by atoms with Crippen LogP contribution in [0.2, 0.25) is 0 Å². The molecule has 31 heavy (non-hydrogen) atoms. The van der Waals surface area contributed by atoms with Crippen molar-refractivity contribution in [2.75, 3.05) is 11.1 Å². The van der Waals surface area contributed by atoms with Crippen molar-refractivity contribution in [3.63, 3.8) is 0 Å². The molecule has 0 radical (unpaired) electrons. The first-order valence-electron chi connectivity index (χ1n) is 9.20. The average Bonchev–Trinajstić information content (AvgIpc) is 3.44. The second-order valence-electron chi connectivity index (χ2n) is 6.61. The molecule has 3 N–H and O–H groups in total. The highest BCUT2D eigenvalue weighted by Crippen LogP contribution is 2.42. The van der Waals surface area contributed by atoms with Crippen LogP contribution >= 0.6 is 22.7 Å². The number of benzene rings is 1. The van der Waals surface area contributed by atoms with Crippen LogP contribution < -0.4 is 11.1 Å². The van der Waals surface area contributed by atoms with E-state index in [2.05, 4.69) is 15.3 Å². The van der Waals surface area contributed by atoms with Gasteiger partial charge in [0.05, 0.1) is 17.6 Å². The first-order valence-corrected chi connectivity index (χ1v) is 10.9. The number of hydrogen-bond donors (Lipinski definition) is 2. The maximum absolute atomic E-state index is 13.2. The van der Waals surface area contributed by atoms with Gasteiger partial charge in [0.25, 0.3) is 5.91 Å². The monoisotopic (exact) mass is 447 g/mol. The Morgan fingerprint density at radius 1 is 1.10 bits per heavy atom. The minimum Gasteiger partial charge on any atom is -0.397 e. The van der Waals surface area contributed by atoms with Gasteiger partial charge in [-0.25, -0.2) is 9.37 Å². The van der Waals surface area contributed by atoms with Crippen molar-refractivity contribution in [2.45, 2.75) is 0 Å². The van der Waals surface area contributed by atoms with Gasteiger partial charge >= 0.3 is 0 Å². The first-order chi connectivity index (χ1) is 15.1. The minimum atomic E-state index is -0.374. The minimum absolute atomic E-state index is 0.348. The molecule has 6 nitrogen and oxygen atoms in total. The molecule has 0 aliphatic carbocycles. The third-order valence-corrected chi connectivity index (χ3v) is 6.62. The van der Waals surface area contributed by atoms with Gasteiger partial charge in [0, 0.05) is 33.9 Å². The summed E-state index contributed by atoms with van der Waals surface area (Å²) < 4.78 is 13.2. The highest BCUT2D eigenvalue weighted by Gasteiger charge is 2.22. The molecule has 0 spiro atoms. The molecule has 5 aromatic rings. The number of fused-ring (bicyclic) bond motifs is 1. The fraction of sp³-hybridized carbons (Fsp3) is 0. The molecule has 9 heteroatoms. The topological polar surface area (TPSA) is 93.8 Å². The molecular formula is C22H14FN5OS2. The number of carbonyl (C=O) groups excluding carboxylic acids is 1. The lowest BCUT2D eigenvalue weighted by molar-refractivity contribution is 0.103. The molecule has 0 unspecified atom stereocenters. The van der Waals surface area contributed by atoms with Gasteiger partial charge in [-0.2, -0.15) is 0 Å². The smallest absolute Gasteiger partial charge is 0.267 e. The fourth-order valence-electron chi connectivity index (χ4n) is 3.20. The van der Waals surface area contributed by atoms with Gasteiger partial charge in [-0.15, -0.1) is 22.7 Å². The standard InChI is InChI=1S/C22H14FN5OS2/c23-12-3-5-13(6-4-12)27-21(29)20-19(24)18-14(17-2-1-9-30-17)10-15(28-22(18)31-20)16-11-25-7-8-26-16/h1-11H,24H2,(H,27,29). The number of aromatic nitrogens is 3. The number of anilines is 2. The van der Waals surface area contributed by atoms with Crippen LogP contribution in [-0.2, 0) is 0 Å². The van der Waals surface area contributed by atoms with Gasteiger partial charge in [0.2, 0.25) is 0 Å². The number of hydrogen-bond acceptors (Lipinski definition) is 7. The molecule has 5 rings (SSSR count). The zero-order chi connectivity index (χ0) is 21.4. The maximum Gasteiger partial charge on any atom is 0.267 e. The normalized spacial score (nSPS) is 11.0. The van der Waals surface area contributed by atoms with Gasteiger partial charge in [-0.1, -0.05) is 6.07 Å². The first kappa shape index (κ1) is 19.3. The summed E-state index contributed by atoms with van der Waals surface area (Å²) in [5.74, 6) is -0.744. The molecule has 4 aromatic heterocycles. The average molecular weight is 448 g/mol. The molecule has 0 fully saturated rings. The van der Waals surface area contributed by atoms with Gasteiger partial charge in [0.15, 0.2) is 0 Å². The Kier molecular flexibility index (Phi) is 4.89. The lowest BCUT2D eigenvalue weighted by Gasteiger charge is -2.06. The lowest BCUT2D eigenvalue weighted by atomic mass is 10.1. The predicted octanol–water partition coefficient (Wildman–Crippen LogP) is 5.46. The zero-order valence-corrected chi connectivity index (χ0v) is 17.5. The van der Waals surface area contributed by atoms with E-state index in [-0.39, 0.29) is 11.7 Å². The van der Waals surface area contributed by atoms with Gasteiger partial charge in [-0.3, -0.25) is 14.8 Å². The summed E-state index contributed by atoms with van der Waals surface area (Å²) in [5, 5.41) is 5.47. The van der Waals surface area contributed by atoms with E-state index in [0.29, 0.717) is 32.5 Å². The third kappa shape index (κ3) is 3.65. The second-order valence-corrected chi connectivity index (χ2v) is 8.56. The van der Waals surface area contributed by atoms with E-state index in [1.807, 2.05) is 23.6 Å². The molecule has 0 saturated carbocycles. The van der Waals surface area contributed by atoms with Crippen molar-refractivity contribution in [1.29, 1.82) is 0 Å². The largest absolute Gasteiger partial charge is 0.397 e. The van der Waals surface area contributed by atoms with Crippen LogP contribution in [0.3, 0.4) is 0 Å². The zero-order valence-electron chi connectivity index (χ0n) is 15.9. The molecule has 4 heterocycles. The molecule has 0 bridgehead atoms. The van der Waals surface area contributed by atoms with Gasteiger partial charge in [-0.05, 0) is 41.8 Å². The Bertz CT molecular complexity index is 1380.